The smallest absolute Gasteiger partial charge is 0.398 e. The third-order valence-electron chi connectivity index (χ3n) is 3.47. The molecule has 5 N–H and O–H groups in total. The number of nitrogens with two attached hydrogens (primary N) is 2. The van der Waals surface area contributed by atoms with E-state index in [1.165, 1.54) is 6.08 Å². The molecule has 3 rings (SSSR count). The minimum atomic E-state index is -4.46. The number of hydrogen-bond donors (Lipinski definition) is 3. The van der Waals surface area contributed by atoms with Gasteiger partial charge in [-0.1, -0.05) is 18.2 Å². The quantitative estimate of drug-likeness (QED) is 0.757. The topological polar surface area (TPSA) is 77.0 Å². The van der Waals surface area contributed by atoms with Crippen molar-refractivity contribution in [1.29, 1.82) is 0 Å². The van der Waals surface area contributed by atoms with Crippen LogP contribution in [0.25, 0.3) is 5.70 Å². The van der Waals surface area contributed by atoms with Gasteiger partial charge in [0.15, 0.2) is 5.66 Å². The van der Waals surface area contributed by atoms with Crippen LogP contribution in [0, 0.1) is 0 Å². The predicted octanol–water partition coefficient (Wildman–Crippen LogP) is 2.64. The number of anilines is 1. The minimum absolute atomic E-state index is 0.0415. The predicted molar refractivity (Wildman–Crippen MR) is 77.3 cm³/mol. The fraction of sp³-hybridized carbons (Fsp3) is 0.133. The van der Waals surface area contributed by atoms with Gasteiger partial charge in [-0.15, -0.1) is 0 Å². The van der Waals surface area contributed by atoms with E-state index in [1.807, 2.05) is 6.07 Å². The zero-order valence-corrected chi connectivity index (χ0v) is 11.4. The van der Waals surface area contributed by atoms with E-state index < -0.39 is 17.4 Å². The third-order valence-corrected chi connectivity index (χ3v) is 3.47. The summed E-state index contributed by atoms with van der Waals surface area (Å²) >= 11 is 0. The molecule has 2 aromatic rings. The van der Waals surface area contributed by atoms with Crippen LogP contribution in [0.3, 0.4) is 0 Å². The van der Waals surface area contributed by atoms with Crippen LogP contribution in [0.4, 0.5) is 18.9 Å². The SMILES string of the molecule is NC1=CC(N)(c2cc(C(F)(F)F)ccn2)Nc2ccccc21. The van der Waals surface area contributed by atoms with Crippen LogP contribution in [-0.4, -0.2) is 4.98 Å². The second-order valence-corrected chi connectivity index (χ2v) is 5.07. The van der Waals surface area contributed by atoms with Gasteiger partial charge < -0.3 is 16.8 Å². The summed E-state index contributed by atoms with van der Waals surface area (Å²) in [6, 6.07) is 8.97. The second-order valence-electron chi connectivity index (χ2n) is 5.07. The van der Waals surface area contributed by atoms with Crippen molar-refractivity contribution in [3.8, 4) is 0 Å². The molecule has 1 aliphatic rings. The third kappa shape index (κ3) is 2.39. The molecular formula is C15H13F3N4. The molecule has 1 unspecified atom stereocenters. The van der Waals surface area contributed by atoms with E-state index >= 15 is 0 Å². The first-order valence-corrected chi connectivity index (χ1v) is 6.48. The molecular weight excluding hydrogens is 293 g/mol. The molecule has 0 amide bonds. The first kappa shape index (κ1) is 14.4. The Morgan fingerprint density at radius 3 is 2.59 bits per heavy atom. The van der Waals surface area contributed by atoms with E-state index in [4.69, 9.17) is 11.5 Å². The van der Waals surface area contributed by atoms with Crippen molar-refractivity contribution >= 4 is 11.4 Å². The number of benzene rings is 1. The number of pyridine rings is 1. The number of nitrogens with one attached hydrogen (secondary N) is 1. The lowest BCUT2D eigenvalue weighted by atomic mass is 9.95. The molecule has 4 nitrogen and oxygen atoms in total. The Labute approximate surface area is 124 Å². The number of nitrogens with zero attached hydrogens (tertiary/aromatic N) is 1. The molecule has 0 saturated heterocycles. The second kappa shape index (κ2) is 4.74. The number of para-hydroxylation sites is 1. The highest BCUT2D eigenvalue weighted by Crippen LogP contribution is 2.35. The van der Waals surface area contributed by atoms with E-state index in [-0.39, 0.29) is 5.69 Å². The van der Waals surface area contributed by atoms with E-state index in [0.29, 0.717) is 11.4 Å². The highest BCUT2D eigenvalue weighted by molar-refractivity contribution is 5.79. The van der Waals surface area contributed by atoms with Gasteiger partial charge in [0.25, 0.3) is 0 Å². The summed E-state index contributed by atoms with van der Waals surface area (Å²) in [5.74, 6) is 0. The summed E-state index contributed by atoms with van der Waals surface area (Å²) < 4.78 is 38.5. The zero-order valence-electron chi connectivity index (χ0n) is 11.4. The van der Waals surface area contributed by atoms with Gasteiger partial charge in [0.05, 0.1) is 11.3 Å². The lowest BCUT2D eigenvalue weighted by molar-refractivity contribution is -0.137. The largest absolute Gasteiger partial charge is 0.416 e. The molecule has 1 aromatic carbocycles. The molecule has 0 saturated carbocycles. The summed E-state index contributed by atoms with van der Waals surface area (Å²) in [6.45, 7) is 0. The monoisotopic (exact) mass is 306 g/mol. The van der Waals surface area contributed by atoms with Gasteiger partial charge in [-0.3, -0.25) is 4.98 Å². The van der Waals surface area contributed by atoms with Crippen LogP contribution in [0.2, 0.25) is 0 Å². The Balaban J connectivity index is 2.08. The Morgan fingerprint density at radius 1 is 1.14 bits per heavy atom. The van der Waals surface area contributed by atoms with Gasteiger partial charge in [0, 0.05) is 23.1 Å². The van der Waals surface area contributed by atoms with Crippen LogP contribution < -0.4 is 16.8 Å². The molecule has 1 atom stereocenters. The molecule has 1 aliphatic heterocycles. The lowest BCUT2D eigenvalue weighted by Crippen LogP contribution is -2.46. The average Bonchev–Trinajstić information content (AvgIpc) is 2.46. The number of rotatable bonds is 1. The Morgan fingerprint density at radius 2 is 1.86 bits per heavy atom. The van der Waals surface area contributed by atoms with Gasteiger partial charge in [0.1, 0.15) is 0 Å². The summed E-state index contributed by atoms with van der Waals surface area (Å²) in [7, 11) is 0. The van der Waals surface area contributed by atoms with Gasteiger partial charge in [-0.2, -0.15) is 13.2 Å². The molecule has 0 bridgehead atoms. The molecule has 1 aromatic heterocycles. The van der Waals surface area contributed by atoms with E-state index in [2.05, 4.69) is 10.3 Å². The van der Waals surface area contributed by atoms with Crippen LogP contribution in [0.5, 0.6) is 0 Å². The molecule has 114 valence electrons. The highest BCUT2D eigenvalue weighted by Gasteiger charge is 2.36. The van der Waals surface area contributed by atoms with Crippen molar-refractivity contribution in [1.82, 2.24) is 4.98 Å². The standard InChI is InChI=1S/C15H13F3N4/c16-15(17,18)9-5-6-21-13(7-9)14(20)8-11(19)10-3-1-2-4-12(10)22-14/h1-8,22H,19-20H2. The van der Waals surface area contributed by atoms with E-state index in [9.17, 15) is 13.2 Å². The number of aromatic nitrogens is 1. The number of hydrogen-bond acceptors (Lipinski definition) is 4. The number of alkyl halides is 3. The summed E-state index contributed by atoms with van der Waals surface area (Å²) in [6.07, 6.45) is -1.91. The van der Waals surface area contributed by atoms with Crippen LogP contribution in [0.1, 0.15) is 16.8 Å². The zero-order chi connectivity index (χ0) is 16.0. The Kier molecular flexibility index (Phi) is 3.10. The summed E-state index contributed by atoms with van der Waals surface area (Å²) in [5.41, 5.74) is 11.8. The van der Waals surface area contributed by atoms with Crippen molar-refractivity contribution < 1.29 is 13.2 Å². The number of halogens is 3. The Bertz CT molecular complexity index is 754. The van der Waals surface area contributed by atoms with Crippen molar-refractivity contribution in [2.24, 2.45) is 11.5 Å². The normalized spacial score (nSPS) is 20.8. The van der Waals surface area contributed by atoms with Crippen molar-refractivity contribution in [2.75, 3.05) is 5.32 Å². The van der Waals surface area contributed by atoms with Crippen LogP contribution in [-0.2, 0) is 11.8 Å². The van der Waals surface area contributed by atoms with Gasteiger partial charge >= 0.3 is 6.18 Å². The molecule has 0 aliphatic carbocycles. The van der Waals surface area contributed by atoms with E-state index in [1.54, 1.807) is 18.2 Å². The molecule has 0 radical (unpaired) electrons. The molecule has 2 heterocycles. The first-order chi connectivity index (χ1) is 10.3. The maximum absolute atomic E-state index is 12.8. The van der Waals surface area contributed by atoms with Crippen molar-refractivity contribution in [2.45, 2.75) is 11.8 Å². The van der Waals surface area contributed by atoms with Crippen molar-refractivity contribution in [3.05, 3.63) is 65.5 Å². The average molecular weight is 306 g/mol. The van der Waals surface area contributed by atoms with Gasteiger partial charge in [0.2, 0.25) is 0 Å². The molecule has 22 heavy (non-hydrogen) atoms. The number of fused-ring (bicyclic) bond motifs is 1. The van der Waals surface area contributed by atoms with Crippen LogP contribution in [0.15, 0.2) is 48.7 Å². The van der Waals surface area contributed by atoms with Gasteiger partial charge in [-0.25, -0.2) is 0 Å². The minimum Gasteiger partial charge on any atom is -0.398 e. The molecule has 0 fully saturated rings. The van der Waals surface area contributed by atoms with Crippen molar-refractivity contribution in [3.63, 3.8) is 0 Å². The maximum atomic E-state index is 12.8. The fourth-order valence-electron chi connectivity index (χ4n) is 2.40. The van der Waals surface area contributed by atoms with Crippen LogP contribution >= 0.6 is 0 Å². The molecule has 7 heteroatoms. The molecule has 0 spiro atoms. The first-order valence-electron chi connectivity index (χ1n) is 6.48. The van der Waals surface area contributed by atoms with E-state index in [0.717, 1.165) is 23.9 Å². The van der Waals surface area contributed by atoms with Gasteiger partial charge in [-0.05, 0) is 24.3 Å². The maximum Gasteiger partial charge on any atom is 0.416 e. The Hall–Kier alpha value is -2.54. The summed E-state index contributed by atoms with van der Waals surface area (Å²) in [5, 5.41) is 2.99. The highest BCUT2D eigenvalue weighted by atomic mass is 19.4. The summed E-state index contributed by atoms with van der Waals surface area (Å²) in [4.78, 5) is 3.97. The lowest BCUT2D eigenvalue weighted by Gasteiger charge is -2.33. The fourth-order valence-corrected chi connectivity index (χ4v) is 2.40.